The lowest BCUT2D eigenvalue weighted by Gasteiger charge is -2.21. The number of rotatable bonds is 6. The average molecular weight is 200 g/mol. The Bertz CT molecular complexity index is 130. The molecule has 1 rings (SSSR count). The van der Waals surface area contributed by atoms with E-state index in [0.29, 0.717) is 0 Å². The predicted octanol–water partition coefficient (Wildman–Crippen LogP) is 2.48. The number of unbranched alkanes of at least 4 members (excludes halogenated alkanes) is 1. The molecule has 1 saturated carbocycles. The summed E-state index contributed by atoms with van der Waals surface area (Å²) in [6.45, 7) is -0.0799. The van der Waals surface area contributed by atoms with Gasteiger partial charge in [-0.3, -0.25) is 0 Å². The number of aliphatic hydroxyl groups is 2. The van der Waals surface area contributed by atoms with Gasteiger partial charge in [-0.2, -0.15) is 0 Å². The first-order chi connectivity index (χ1) is 6.83. The molecule has 0 bridgehead atoms. The van der Waals surface area contributed by atoms with E-state index >= 15 is 0 Å². The Kier molecular flexibility index (Phi) is 6.20. The van der Waals surface area contributed by atoms with Crippen LogP contribution in [-0.4, -0.2) is 22.9 Å². The fourth-order valence-electron chi connectivity index (χ4n) is 2.38. The summed E-state index contributed by atoms with van der Waals surface area (Å²) in [5.74, 6) is 0.954. The van der Waals surface area contributed by atoms with Crippen LogP contribution in [0, 0.1) is 5.92 Å². The summed E-state index contributed by atoms with van der Waals surface area (Å²) < 4.78 is 0. The SMILES string of the molecule is OCC(O)CCCCC1CCCCC1. The van der Waals surface area contributed by atoms with Crippen molar-refractivity contribution in [3.05, 3.63) is 0 Å². The summed E-state index contributed by atoms with van der Waals surface area (Å²) in [5, 5.41) is 17.8. The van der Waals surface area contributed by atoms with Crippen LogP contribution in [0.3, 0.4) is 0 Å². The van der Waals surface area contributed by atoms with E-state index in [0.717, 1.165) is 18.8 Å². The first-order valence-corrected chi connectivity index (χ1v) is 6.12. The molecule has 1 aliphatic carbocycles. The van der Waals surface area contributed by atoms with E-state index in [4.69, 9.17) is 10.2 Å². The van der Waals surface area contributed by atoms with Gasteiger partial charge in [-0.1, -0.05) is 51.4 Å². The van der Waals surface area contributed by atoms with E-state index in [-0.39, 0.29) is 6.61 Å². The Morgan fingerprint density at radius 1 is 1.07 bits per heavy atom. The molecule has 1 aliphatic rings. The largest absolute Gasteiger partial charge is 0.394 e. The monoisotopic (exact) mass is 200 g/mol. The predicted molar refractivity (Wildman–Crippen MR) is 58.1 cm³/mol. The molecule has 0 saturated heterocycles. The van der Waals surface area contributed by atoms with Gasteiger partial charge in [0.2, 0.25) is 0 Å². The average Bonchev–Trinajstić information content (AvgIpc) is 2.25. The van der Waals surface area contributed by atoms with Gasteiger partial charge in [-0.15, -0.1) is 0 Å². The molecule has 2 heteroatoms. The minimum absolute atomic E-state index is 0.0799. The minimum atomic E-state index is -0.485. The van der Waals surface area contributed by atoms with Crippen molar-refractivity contribution >= 4 is 0 Å². The second kappa shape index (κ2) is 7.24. The third kappa shape index (κ3) is 4.97. The van der Waals surface area contributed by atoms with Gasteiger partial charge >= 0.3 is 0 Å². The molecule has 0 aromatic rings. The fourth-order valence-corrected chi connectivity index (χ4v) is 2.38. The highest BCUT2D eigenvalue weighted by Crippen LogP contribution is 2.27. The van der Waals surface area contributed by atoms with E-state index in [1.54, 1.807) is 0 Å². The number of hydrogen-bond donors (Lipinski definition) is 2. The molecule has 14 heavy (non-hydrogen) atoms. The second-order valence-electron chi connectivity index (χ2n) is 4.62. The Balaban J connectivity index is 1.92. The van der Waals surface area contributed by atoms with Gasteiger partial charge in [-0.05, 0) is 12.3 Å². The van der Waals surface area contributed by atoms with Crippen LogP contribution in [0.2, 0.25) is 0 Å². The van der Waals surface area contributed by atoms with Crippen LogP contribution in [0.4, 0.5) is 0 Å². The van der Waals surface area contributed by atoms with Crippen molar-refractivity contribution in [3.8, 4) is 0 Å². The van der Waals surface area contributed by atoms with E-state index in [1.165, 1.54) is 44.9 Å². The Morgan fingerprint density at radius 3 is 2.43 bits per heavy atom. The number of hydrogen-bond acceptors (Lipinski definition) is 2. The number of aliphatic hydroxyl groups excluding tert-OH is 2. The lowest BCUT2D eigenvalue weighted by molar-refractivity contribution is 0.0855. The third-order valence-corrected chi connectivity index (χ3v) is 3.34. The van der Waals surface area contributed by atoms with Crippen molar-refractivity contribution in [2.45, 2.75) is 63.9 Å². The maximum Gasteiger partial charge on any atom is 0.0770 e. The lowest BCUT2D eigenvalue weighted by Crippen LogP contribution is -2.11. The molecule has 0 heterocycles. The normalized spacial score (nSPS) is 21.0. The first-order valence-electron chi connectivity index (χ1n) is 6.12. The van der Waals surface area contributed by atoms with Crippen molar-refractivity contribution in [2.75, 3.05) is 6.61 Å². The molecule has 0 radical (unpaired) electrons. The summed E-state index contributed by atoms with van der Waals surface area (Å²) in [6, 6.07) is 0. The van der Waals surface area contributed by atoms with Crippen molar-refractivity contribution in [2.24, 2.45) is 5.92 Å². The van der Waals surface area contributed by atoms with Crippen molar-refractivity contribution in [1.82, 2.24) is 0 Å². The molecule has 84 valence electrons. The van der Waals surface area contributed by atoms with E-state index < -0.39 is 6.10 Å². The highest BCUT2D eigenvalue weighted by Gasteiger charge is 2.12. The summed E-state index contributed by atoms with van der Waals surface area (Å²) >= 11 is 0. The van der Waals surface area contributed by atoms with Crippen molar-refractivity contribution in [3.63, 3.8) is 0 Å². The quantitative estimate of drug-likeness (QED) is 0.647. The van der Waals surface area contributed by atoms with Gasteiger partial charge in [0, 0.05) is 0 Å². The topological polar surface area (TPSA) is 40.5 Å². The first kappa shape index (κ1) is 12.0. The summed E-state index contributed by atoms with van der Waals surface area (Å²) in [7, 11) is 0. The zero-order valence-corrected chi connectivity index (χ0v) is 9.12. The van der Waals surface area contributed by atoms with Crippen LogP contribution in [-0.2, 0) is 0 Å². The third-order valence-electron chi connectivity index (χ3n) is 3.34. The molecule has 2 N–H and O–H groups in total. The van der Waals surface area contributed by atoms with Crippen LogP contribution in [0.1, 0.15) is 57.8 Å². The van der Waals surface area contributed by atoms with Crippen molar-refractivity contribution in [1.29, 1.82) is 0 Å². The Morgan fingerprint density at radius 2 is 1.79 bits per heavy atom. The second-order valence-corrected chi connectivity index (χ2v) is 4.62. The van der Waals surface area contributed by atoms with Gasteiger partial charge < -0.3 is 10.2 Å². The van der Waals surface area contributed by atoms with Crippen LogP contribution < -0.4 is 0 Å². The van der Waals surface area contributed by atoms with E-state index in [1.807, 2.05) is 0 Å². The molecule has 0 spiro atoms. The summed E-state index contributed by atoms with van der Waals surface area (Å²) in [5.41, 5.74) is 0. The van der Waals surface area contributed by atoms with Crippen LogP contribution in [0.15, 0.2) is 0 Å². The van der Waals surface area contributed by atoms with Gasteiger partial charge in [0.15, 0.2) is 0 Å². The van der Waals surface area contributed by atoms with E-state index in [9.17, 15) is 0 Å². The Labute approximate surface area is 87.3 Å². The van der Waals surface area contributed by atoms with Gasteiger partial charge in [-0.25, -0.2) is 0 Å². The van der Waals surface area contributed by atoms with E-state index in [2.05, 4.69) is 0 Å². The summed E-state index contributed by atoms with van der Waals surface area (Å²) in [6.07, 6.45) is 11.0. The van der Waals surface area contributed by atoms with Gasteiger partial charge in [0.1, 0.15) is 0 Å². The zero-order chi connectivity index (χ0) is 10.2. The van der Waals surface area contributed by atoms with Crippen LogP contribution in [0.5, 0.6) is 0 Å². The Hall–Kier alpha value is -0.0800. The molecule has 0 aromatic carbocycles. The molecular weight excluding hydrogens is 176 g/mol. The molecule has 0 amide bonds. The fraction of sp³-hybridized carbons (Fsp3) is 1.00. The maximum absolute atomic E-state index is 9.14. The van der Waals surface area contributed by atoms with Gasteiger partial charge in [0.05, 0.1) is 12.7 Å². The molecular formula is C12H24O2. The molecule has 0 aliphatic heterocycles. The molecule has 2 nitrogen and oxygen atoms in total. The standard InChI is InChI=1S/C12H24O2/c13-10-12(14)9-5-4-8-11-6-2-1-3-7-11/h11-14H,1-10H2. The minimum Gasteiger partial charge on any atom is -0.394 e. The highest BCUT2D eigenvalue weighted by molar-refractivity contribution is 4.66. The molecule has 1 unspecified atom stereocenters. The van der Waals surface area contributed by atoms with Gasteiger partial charge in [0.25, 0.3) is 0 Å². The van der Waals surface area contributed by atoms with Crippen molar-refractivity contribution < 1.29 is 10.2 Å². The molecule has 1 fully saturated rings. The van der Waals surface area contributed by atoms with Crippen LogP contribution in [0.25, 0.3) is 0 Å². The maximum atomic E-state index is 9.14. The molecule has 1 atom stereocenters. The smallest absolute Gasteiger partial charge is 0.0770 e. The highest BCUT2D eigenvalue weighted by atomic mass is 16.3. The van der Waals surface area contributed by atoms with Crippen LogP contribution >= 0.6 is 0 Å². The lowest BCUT2D eigenvalue weighted by atomic mass is 9.85. The zero-order valence-electron chi connectivity index (χ0n) is 9.12. The molecule has 0 aromatic heterocycles. The summed E-state index contributed by atoms with van der Waals surface area (Å²) in [4.78, 5) is 0.